The van der Waals surface area contributed by atoms with E-state index in [9.17, 15) is 4.79 Å². The van der Waals surface area contributed by atoms with Crippen LogP contribution in [-0.4, -0.2) is 17.8 Å². The lowest BCUT2D eigenvalue weighted by molar-refractivity contribution is -0.127. The Kier molecular flexibility index (Phi) is 3.07. The van der Waals surface area contributed by atoms with Crippen LogP contribution in [0.1, 0.15) is 33.6 Å². The van der Waals surface area contributed by atoms with Crippen LogP contribution in [-0.2, 0) is 9.53 Å². The molecule has 1 aliphatic rings. The molecule has 0 radical (unpaired) electrons. The molecule has 13 heavy (non-hydrogen) atoms. The quantitative estimate of drug-likeness (QED) is 0.711. The normalized spacial score (nSPS) is 29.2. The summed E-state index contributed by atoms with van der Waals surface area (Å²) in [5.41, 5.74) is 0. The van der Waals surface area contributed by atoms with Crippen molar-refractivity contribution in [2.45, 2.75) is 39.7 Å². The fourth-order valence-corrected chi connectivity index (χ4v) is 1.57. The first kappa shape index (κ1) is 10.2. The summed E-state index contributed by atoms with van der Waals surface area (Å²) in [5, 5.41) is 7.34. The fourth-order valence-electron chi connectivity index (χ4n) is 1.57. The van der Waals surface area contributed by atoms with Gasteiger partial charge < -0.3 is 4.74 Å². The minimum absolute atomic E-state index is 0.0449. The van der Waals surface area contributed by atoms with Crippen molar-refractivity contribution in [1.29, 1.82) is 5.41 Å². The molecular formula is C10H17NO2. The van der Waals surface area contributed by atoms with E-state index in [2.05, 4.69) is 13.8 Å². The summed E-state index contributed by atoms with van der Waals surface area (Å²) >= 11 is 0. The molecule has 3 heteroatoms. The second-order valence-electron chi connectivity index (χ2n) is 4.14. The van der Waals surface area contributed by atoms with Gasteiger partial charge in [0, 0.05) is 0 Å². The zero-order chi connectivity index (χ0) is 10.0. The number of hydrogen-bond donors (Lipinski definition) is 1. The van der Waals surface area contributed by atoms with Crippen LogP contribution in [0.3, 0.4) is 0 Å². The molecule has 1 N–H and O–H groups in total. The van der Waals surface area contributed by atoms with E-state index in [0.29, 0.717) is 5.92 Å². The molecule has 1 fully saturated rings. The number of carbonyl (C=O) groups is 1. The van der Waals surface area contributed by atoms with Crippen molar-refractivity contribution in [3.8, 4) is 0 Å². The minimum Gasteiger partial charge on any atom is -0.477 e. The molecule has 3 nitrogen and oxygen atoms in total. The zero-order valence-corrected chi connectivity index (χ0v) is 8.46. The highest BCUT2D eigenvalue weighted by Gasteiger charge is 2.32. The molecular weight excluding hydrogens is 166 g/mol. The molecule has 0 aromatic heterocycles. The van der Waals surface area contributed by atoms with Crippen LogP contribution >= 0.6 is 0 Å². The Balaban J connectivity index is 2.61. The van der Waals surface area contributed by atoms with Crippen molar-refractivity contribution in [2.75, 3.05) is 0 Å². The maximum Gasteiger partial charge on any atom is 0.188 e. The van der Waals surface area contributed by atoms with Gasteiger partial charge >= 0.3 is 0 Å². The number of ketones is 1. The SMILES string of the molecule is CC(C)C[C@@H]1OC(=N)CC(=O)[C@H]1C. The Morgan fingerprint density at radius 3 is 2.77 bits per heavy atom. The van der Waals surface area contributed by atoms with Crippen molar-refractivity contribution >= 4 is 11.7 Å². The van der Waals surface area contributed by atoms with Crippen LogP contribution in [0.15, 0.2) is 0 Å². The fraction of sp³-hybridized carbons (Fsp3) is 0.800. The smallest absolute Gasteiger partial charge is 0.188 e. The lowest BCUT2D eigenvalue weighted by atomic mass is 9.89. The third kappa shape index (κ3) is 2.54. The van der Waals surface area contributed by atoms with Gasteiger partial charge in [-0.15, -0.1) is 0 Å². The first-order chi connectivity index (χ1) is 6.00. The molecule has 0 aromatic carbocycles. The average Bonchev–Trinajstić information content (AvgIpc) is 1.98. The van der Waals surface area contributed by atoms with Gasteiger partial charge in [-0.25, -0.2) is 0 Å². The zero-order valence-electron chi connectivity index (χ0n) is 8.46. The molecule has 0 aromatic rings. The molecule has 0 unspecified atom stereocenters. The number of rotatable bonds is 2. The van der Waals surface area contributed by atoms with Gasteiger partial charge in [0.05, 0.1) is 12.3 Å². The number of nitrogens with one attached hydrogen (secondary N) is 1. The molecule has 1 saturated heterocycles. The summed E-state index contributed by atoms with van der Waals surface area (Å²) in [6, 6.07) is 0. The van der Waals surface area contributed by atoms with Gasteiger partial charge in [0.1, 0.15) is 11.9 Å². The van der Waals surface area contributed by atoms with Crippen LogP contribution < -0.4 is 0 Å². The van der Waals surface area contributed by atoms with E-state index in [1.807, 2.05) is 6.92 Å². The largest absolute Gasteiger partial charge is 0.477 e. The molecule has 74 valence electrons. The summed E-state index contributed by atoms with van der Waals surface area (Å²) in [6.07, 6.45) is 0.958. The van der Waals surface area contributed by atoms with Gasteiger partial charge in [-0.1, -0.05) is 20.8 Å². The highest BCUT2D eigenvalue weighted by molar-refractivity contribution is 6.00. The van der Waals surface area contributed by atoms with Crippen molar-refractivity contribution in [3.05, 3.63) is 0 Å². The lowest BCUT2D eigenvalue weighted by Crippen LogP contribution is -2.38. The number of Topliss-reactive ketones (excluding diaryl/α,β-unsaturated/α-hetero) is 1. The lowest BCUT2D eigenvalue weighted by Gasteiger charge is -2.30. The monoisotopic (exact) mass is 183 g/mol. The van der Waals surface area contributed by atoms with Gasteiger partial charge in [0.25, 0.3) is 0 Å². The molecule has 1 heterocycles. The van der Waals surface area contributed by atoms with Crippen LogP contribution in [0, 0.1) is 17.2 Å². The molecule has 1 aliphatic heterocycles. The van der Waals surface area contributed by atoms with Crippen molar-refractivity contribution < 1.29 is 9.53 Å². The first-order valence-electron chi connectivity index (χ1n) is 4.77. The maximum atomic E-state index is 11.4. The Morgan fingerprint density at radius 1 is 1.62 bits per heavy atom. The molecule has 0 saturated carbocycles. The molecule has 0 aliphatic carbocycles. The number of carbonyl (C=O) groups excluding carboxylic acids is 1. The van der Waals surface area contributed by atoms with Gasteiger partial charge in [-0.2, -0.15) is 0 Å². The van der Waals surface area contributed by atoms with Crippen molar-refractivity contribution in [1.82, 2.24) is 0 Å². The third-order valence-corrected chi connectivity index (χ3v) is 2.40. The topological polar surface area (TPSA) is 50.1 Å². The number of ether oxygens (including phenoxy) is 1. The molecule has 0 spiro atoms. The Bertz CT molecular complexity index is 223. The predicted octanol–water partition coefficient (Wildman–Crippen LogP) is 2.00. The summed E-state index contributed by atoms with van der Waals surface area (Å²) in [7, 11) is 0. The van der Waals surface area contributed by atoms with Crippen molar-refractivity contribution in [2.24, 2.45) is 11.8 Å². The summed E-state index contributed by atoms with van der Waals surface area (Å²) in [5.74, 6) is 0.735. The maximum absolute atomic E-state index is 11.4. The van der Waals surface area contributed by atoms with E-state index >= 15 is 0 Å². The molecule has 0 amide bonds. The van der Waals surface area contributed by atoms with Gasteiger partial charge in [-0.3, -0.25) is 10.2 Å². The average molecular weight is 183 g/mol. The van der Waals surface area contributed by atoms with E-state index in [1.54, 1.807) is 0 Å². The van der Waals surface area contributed by atoms with Crippen molar-refractivity contribution in [3.63, 3.8) is 0 Å². The molecule has 0 bridgehead atoms. The van der Waals surface area contributed by atoms with Gasteiger partial charge in [0.2, 0.25) is 0 Å². The standard InChI is InChI=1S/C10H17NO2/c1-6(2)4-9-7(3)8(12)5-10(11)13-9/h6-7,9,11H,4-5H2,1-3H3/t7-,9+/m1/s1. The van der Waals surface area contributed by atoms with Crippen LogP contribution in [0.25, 0.3) is 0 Å². The van der Waals surface area contributed by atoms with Crippen LogP contribution in [0.5, 0.6) is 0 Å². The second-order valence-corrected chi connectivity index (χ2v) is 4.14. The first-order valence-corrected chi connectivity index (χ1v) is 4.77. The Hall–Kier alpha value is -0.860. The third-order valence-electron chi connectivity index (χ3n) is 2.40. The molecule has 1 rings (SSSR count). The highest BCUT2D eigenvalue weighted by Crippen LogP contribution is 2.23. The minimum atomic E-state index is -0.0752. The predicted molar refractivity (Wildman–Crippen MR) is 50.8 cm³/mol. The van der Waals surface area contributed by atoms with Gasteiger partial charge in [0.15, 0.2) is 5.90 Å². The highest BCUT2D eigenvalue weighted by atomic mass is 16.5. The van der Waals surface area contributed by atoms with E-state index in [-0.39, 0.29) is 30.1 Å². The van der Waals surface area contributed by atoms with E-state index < -0.39 is 0 Å². The molecule has 2 atom stereocenters. The van der Waals surface area contributed by atoms with E-state index in [0.717, 1.165) is 6.42 Å². The Labute approximate surface area is 79.0 Å². The van der Waals surface area contributed by atoms with E-state index in [1.165, 1.54) is 0 Å². The van der Waals surface area contributed by atoms with Gasteiger partial charge in [-0.05, 0) is 12.3 Å². The van der Waals surface area contributed by atoms with Crippen LogP contribution in [0.2, 0.25) is 0 Å². The summed E-state index contributed by atoms with van der Waals surface area (Å²) in [4.78, 5) is 11.4. The summed E-state index contributed by atoms with van der Waals surface area (Å²) < 4.78 is 5.34. The van der Waals surface area contributed by atoms with E-state index in [4.69, 9.17) is 10.1 Å². The Morgan fingerprint density at radius 2 is 2.23 bits per heavy atom. The van der Waals surface area contributed by atoms with Crippen LogP contribution in [0.4, 0.5) is 0 Å². The second kappa shape index (κ2) is 3.90. The summed E-state index contributed by atoms with van der Waals surface area (Å²) in [6.45, 7) is 6.08. The number of hydrogen-bond acceptors (Lipinski definition) is 3.